The molecule has 2 aliphatic heterocycles. The van der Waals surface area contributed by atoms with Gasteiger partial charge < -0.3 is 0 Å². The Bertz CT molecular complexity index is 921. The monoisotopic (exact) mass is 322 g/mol. The molecule has 2 aliphatic rings. The summed E-state index contributed by atoms with van der Waals surface area (Å²) in [7, 11) is 0. The van der Waals surface area contributed by atoms with Crippen molar-refractivity contribution in [2.45, 2.75) is 13.0 Å². The van der Waals surface area contributed by atoms with E-state index in [1.807, 2.05) is 24.3 Å². The number of nitrogens with one attached hydrogen (secondary N) is 1. The first-order valence-corrected chi connectivity index (χ1v) is 7.70. The summed E-state index contributed by atoms with van der Waals surface area (Å²) in [6.45, 7) is 2.00. The third-order valence-electron chi connectivity index (χ3n) is 4.40. The molecule has 1 N–H and O–H groups in total. The molecule has 1 aromatic heterocycles. The number of hydrazone groups is 1. The number of para-hydroxylation sites is 1. The van der Waals surface area contributed by atoms with E-state index in [2.05, 4.69) is 15.5 Å². The summed E-state index contributed by atoms with van der Waals surface area (Å²) in [5.74, 6) is -2.02. The Labute approximate surface area is 137 Å². The summed E-state index contributed by atoms with van der Waals surface area (Å²) in [6, 6.07) is 10.1. The number of likely N-dealkylation sites (tertiary alicyclic amines) is 1. The highest BCUT2D eigenvalue weighted by atomic mass is 16.2. The number of ketones is 1. The lowest BCUT2D eigenvalue weighted by atomic mass is 9.94. The molecule has 1 saturated heterocycles. The number of hydrogen-bond acceptors (Lipinski definition) is 6. The summed E-state index contributed by atoms with van der Waals surface area (Å²) in [4.78, 5) is 42.8. The van der Waals surface area contributed by atoms with Gasteiger partial charge in [-0.2, -0.15) is 5.10 Å². The van der Waals surface area contributed by atoms with Crippen LogP contribution in [-0.2, 0) is 9.59 Å². The summed E-state index contributed by atoms with van der Waals surface area (Å²) in [5.41, 5.74) is 3.58. The Hall–Kier alpha value is -3.09. The molecule has 2 aromatic rings. The van der Waals surface area contributed by atoms with Crippen molar-refractivity contribution >= 4 is 34.2 Å². The zero-order chi connectivity index (χ0) is 16.8. The van der Waals surface area contributed by atoms with E-state index in [1.54, 1.807) is 19.1 Å². The average Bonchev–Trinajstić information content (AvgIpc) is 3.14. The SMILES string of the molecule is CCN1C(=O)[C@H]2C(C(=O)c3ccc4ccccc4n3)=NN[C@H]2C1=O. The lowest BCUT2D eigenvalue weighted by Gasteiger charge is -2.12. The largest absolute Gasteiger partial charge is 0.296 e. The van der Waals surface area contributed by atoms with Crippen LogP contribution in [0, 0.1) is 5.92 Å². The fourth-order valence-electron chi connectivity index (χ4n) is 3.17. The Morgan fingerprint density at radius 3 is 2.75 bits per heavy atom. The predicted octanol–water partition coefficient (Wildman–Crippen LogP) is 0.750. The molecule has 0 spiro atoms. The minimum absolute atomic E-state index is 0.0529. The van der Waals surface area contributed by atoms with E-state index in [0.717, 1.165) is 10.3 Å². The second-order valence-electron chi connectivity index (χ2n) is 5.72. The maximum absolute atomic E-state index is 12.8. The van der Waals surface area contributed by atoms with Crippen LogP contribution in [0.15, 0.2) is 41.5 Å². The molecule has 3 heterocycles. The van der Waals surface area contributed by atoms with Gasteiger partial charge in [-0.3, -0.25) is 24.7 Å². The molecule has 24 heavy (non-hydrogen) atoms. The summed E-state index contributed by atoms with van der Waals surface area (Å²) >= 11 is 0. The number of hydrogen-bond donors (Lipinski definition) is 1. The molecular formula is C17H14N4O3. The molecule has 2 amide bonds. The fourth-order valence-corrected chi connectivity index (χ4v) is 3.17. The Balaban J connectivity index is 1.69. The maximum atomic E-state index is 12.8. The average molecular weight is 322 g/mol. The van der Waals surface area contributed by atoms with Gasteiger partial charge in [-0.15, -0.1) is 0 Å². The highest BCUT2D eigenvalue weighted by Crippen LogP contribution is 2.27. The Morgan fingerprint density at radius 1 is 1.17 bits per heavy atom. The number of aromatic nitrogens is 1. The van der Waals surface area contributed by atoms with Gasteiger partial charge in [-0.05, 0) is 19.1 Å². The zero-order valence-corrected chi connectivity index (χ0v) is 12.9. The van der Waals surface area contributed by atoms with Gasteiger partial charge in [0.15, 0.2) is 0 Å². The van der Waals surface area contributed by atoms with E-state index in [4.69, 9.17) is 0 Å². The van der Waals surface area contributed by atoms with Gasteiger partial charge in [0.25, 0.3) is 5.91 Å². The van der Waals surface area contributed by atoms with Crippen molar-refractivity contribution in [3.8, 4) is 0 Å². The minimum Gasteiger partial charge on any atom is -0.296 e. The number of carbonyl (C=O) groups is 3. The molecule has 7 heteroatoms. The number of likely N-dealkylation sites (N-methyl/N-ethyl adjacent to an activating group) is 1. The number of carbonyl (C=O) groups excluding carboxylic acids is 3. The molecule has 1 aromatic carbocycles. The Morgan fingerprint density at radius 2 is 1.96 bits per heavy atom. The van der Waals surface area contributed by atoms with Crippen LogP contribution in [0.1, 0.15) is 17.4 Å². The van der Waals surface area contributed by atoms with Gasteiger partial charge in [0.05, 0.1) is 5.52 Å². The zero-order valence-electron chi connectivity index (χ0n) is 12.9. The van der Waals surface area contributed by atoms with Gasteiger partial charge in [0, 0.05) is 11.9 Å². The first-order valence-electron chi connectivity index (χ1n) is 7.70. The third kappa shape index (κ3) is 1.94. The molecule has 7 nitrogen and oxygen atoms in total. The van der Waals surface area contributed by atoms with Crippen LogP contribution in [0.2, 0.25) is 0 Å². The molecule has 0 aliphatic carbocycles. The number of imide groups is 1. The summed E-state index contributed by atoms with van der Waals surface area (Å²) in [5, 5.41) is 4.87. The molecule has 0 unspecified atom stereocenters. The number of nitrogens with zero attached hydrogens (tertiary/aromatic N) is 3. The van der Waals surface area contributed by atoms with Crippen LogP contribution in [-0.4, -0.2) is 45.8 Å². The van der Waals surface area contributed by atoms with Crippen LogP contribution >= 0.6 is 0 Å². The van der Waals surface area contributed by atoms with Crippen molar-refractivity contribution in [2.24, 2.45) is 11.0 Å². The smallest absolute Gasteiger partial charge is 0.254 e. The van der Waals surface area contributed by atoms with Crippen molar-refractivity contribution in [3.63, 3.8) is 0 Å². The number of Topliss-reactive ketones (excluding diaryl/α,β-unsaturated/α-hetero) is 1. The molecule has 0 bridgehead atoms. The lowest BCUT2D eigenvalue weighted by molar-refractivity contribution is -0.139. The van der Waals surface area contributed by atoms with E-state index in [0.29, 0.717) is 5.52 Å². The van der Waals surface area contributed by atoms with Gasteiger partial charge >= 0.3 is 0 Å². The van der Waals surface area contributed by atoms with Crippen LogP contribution in [0.5, 0.6) is 0 Å². The van der Waals surface area contributed by atoms with Crippen molar-refractivity contribution in [1.82, 2.24) is 15.3 Å². The Kier molecular flexibility index (Phi) is 3.16. The molecule has 4 rings (SSSR count). The number of benzene rings is 1. The van der Waals surface area contributed by atoms with Gasteiger partial charge in [-0.1, -0.05) is 24.3 Å². The highest BCUT2D eigenvalue weighted by molar-refractivity contribution is 6.51. The molecule has 1 fully saturated rings. The first-order chi connectivity index (χ1) is 11.6. The van der Waals surface area contributed by atoms with Crippen LogP contribution in [0.3, 0.4) is 0 Å². The van der Waals surface area contributed by atoms with E-state index >= 15 is 0 Å². The second-order valence-corrected chi connectivity index (χ2v) is 5.72. The highest BCUT2D eigenvalue weighted by Gasteiger charge is 2.54. The molecule has 2 atom stereocenters. The number of fused-ring (bicyclic) bond motifs is 2. The van der Waals surface area contributed by atoms with Crippen molar-refractivity contribution in [3.05, 3.63) is 42.1 Å². The van der Waals surface area contributed by atoms with Crippen LogP contribution in [0.25, 0.3) is 10.9 Å². The lowest BCUT2D eigenvalue weighted by Crippen LogP contribution is -2.36. The number of rotatable bonds is 3. The van der Waals surface area contributed by atoms with Crippen LogP contribution < -0.4 is 5.43 Å². The summed E-state index contributed by atoms with van der Waals surface area (Å²) in [6.07, 6.45) is 0. The van der Waals surface area contributed by atoms with Crippen LogP contribution in [0.4, 0.5) is 0 Å². The van der Waals surface area contributed by atoms with Gasteiger partial charge in [0.2, 0.25) is 11.7 Å². The molecule has 0 radical (unpaired) electrons. The van der Waals surface area contributed by atoms with Crippen molar-refractivity contribution in [2.75, 3.05) is 6.54 Å². The normalized spacial score (nSPS) is 22.5. The topological polar surface area (TPSA) is 91.7 Å². The third-order valence-corrected chi connectivity index (χ3v) is 4.40. The van der Waals surface area contributed by atoms with Crippen molar-refractivity contribution < 1.29 is 14.4 Å². The number of amides is 2. The quantitative estimate of drug-likeness (QED) is 0.665. The van der Waals surface area contributed by atoms with Gasteiger partial charge in [0.1, 0.15) is 23.4 Å². The molecule has 0 saturated carbocycles. The second kappa shape index (κ2) is 5.23. The van der Waals surface area contributed by atoms with E-state index in [1.165, 1.54) is 0 Å². The first kappa shape index (κ1) is 14.5. The van der Waals surface area contributed by atoms with E-state index < -0.39 is 17.7 Å². The predicted molar refractivity (Wildman–Crippen MR) is 86.3 cm³/mol. The molecular weight excluding hydrogens is 308 g/mol. The van der Waals surface area contributed by atoms with E-state index in [-0.39, 0.29) is 29.8 Å². The van der Waals surface area contributed by atoms with E-state index in [9.17, 15) is 14.4 Å². The van der Waals surface area contributed by atoms with Gasteiger partial charge in [-0.25, -0.2) is 4.98 Å². The fraction of sp³-hybridized carbons (Fsp3) is 0.235. The standard InChI is InChI=1S/C17H14N4O3/c1-2-21-16(23)12-13(19-20-14(12)17(21)24)15(22)11-8-7-9-5-3-4-6-10(9)18-11/h3-8,12,14,20H,2H2,1H3/t12-,14+/m0/s1. The molecule has 120 valence electrons. The van der Waals surface area contributed by atoms with Crippen molar-refractivity contribution in [1.29, 1.82) is 0 Å². The summed E-state index contributed by atoms with van der Waals surface area (Å²) < 4.78 is 0. The number of pyridine rings is 1. The minimum atomic E-state index is -0.863. The maximum Gasteiger partial charge on any atom is 0.254 e.